The van der Waals surface area contributed by atoms with Crippen molar-refractivity contribution in [3.8, 4) is 0 Å². The number of anilines is 1. The molecule has 0 aliphatic carbocycles. The molecule has 0 aromatic heterocycles. The fourth-order valence-electron chi connectivity index (χ4n) is 2.08. The monoisotopic (exact) mass is 280 g/mol. The van der Waals surface area contributed by atoms with Crippen LogP contribution in [0.4, 0.5) is 10.1 Å². The Hall–Kier alpha value is -1.82. The van der Waals surface area contributed by atoms with Gasteiger partial charge in [0, 0.05) is 27.2 Å². The van der Waals surface area contributed by atoms with Crippen LogP contribution in [0.25, 0.3) is 0 Å². The number of nitrogens with two attached hydrogens (primary N) is 1. The first kappa shape index (κ1) is 14.6. The highest BCUT2D eigenvalue weighted by Crippen LogP contribution is 2.18. The minimum Gasteiger partial charge on any atom is -0.378 e. The topological polar surface area (TPSA) is 54.1 Å². The second-order valence-electron chi connectivity index (χ2n) is 4.95. The van der Waals surface area contributed by atoms with Crippen LogP contribution >= 0.6 is 0 Å². The molecule has 110 valence electrons. The number of halogens is 1. The van der Waals surface area contributed by atoms with Crippen LogP contribution in [0.1, 0.15) is 5.56 Å². The van der Waals surface area contributed by atoms with Crippen molar-refractivity contribution in [3.63, 3.8) is 0 Å². The Morgan fingerprint density at radius 1 is 1.40 bits per heavy atom. The molecule has 1 aliphatic rings. The van der Waals surface area contributed by atoms with E-state index in [1.54, 1.807) is 11.0 Å². The first-order valence-electron chi connectivity index (χ1n) is 6.66. The molecule has 5 nitrogen and oxygen atoms in total. The van der Waals surface area contributed by atoms with Gasteiger partial charge in [0.15, 0.2) is 5.96 Å². The Bertz CT molecular complexity index is 484. The number of rotatable bonds is 3. The number of ether oxygens (including phenoxy) is 1. The fraction of sp³-hybridized carbons (Fsp3) is 0.500. The molecule has 0 unspecified atom stereocenters. The van der Waals surface area contributed by atoms with Gasteiger partial charge >= 0.3 is 0 Å². The van der Waals surface area contributed by atoms with Gasteiger partial charge < -0.3 is 20.3 Å². The summed E-state index contributed by atoms with van der Waals surface area (Å²) in [5, 5.41) is 0. The summed E-state index contributed by atoms with van der Waals surface area (Å²) in [6.45, 7) is 3.23. The highest BCUT2D eigenvalue weighted by molar-refractivity contribution is 5.78. The molecule has 1 saturated heterocycles. The van der Waals surface area contributed by atoms with Gasteiger partial charge in [0.1, 0.15) is 5.82 Å². The maximum atomic E-state index is 13.8. The lowest BCUT2D eigenvalue weighted by Gasteiger charge is -2.27. The van der Waals surface area contributed by atoms with Crippen LogP contribution in [0.5, 0.6) is 0 Å². The average Bonchev–Trinajstić information content (AvgIpc) is 2.45. The van der Waals surface area contributed by atoms with E-state index in [4.69, 9.17) is 10.5 Å². The molecule has 0 atom stereocenters. The van der Waals surface area contributed by atoms with Crippen LogP contribution in [0.2, 0.25) is 0 Å². The molecule has 2 rings (SSSR count). The summed E-state index contributed by atoms with van der Waals surface area (Å²) in [6, 6.07) is 5.13. The van der Waals surface area contributed by atoms with E-state index in [2.05, 4.69) is 4.99 Å². The standard InChI is InChI=1S/C14H21FN4O/c1-18(2)13-4-3-11(9-12(13)15)10-17-14(16)19-5-7-20-8-6-19/h3-4,9H,5-8,10H2,1-2H3,(H2,16,17). The van der Waals surface area contributed by atoms with E-state index in [0.717, 1.165) is 18.7 Å². The van der Waals surface area contributed by atoms with E-state index in [9.17, 15) is 4.39 Å². The van der Waals surface area contributed by atoms with Gasteiger partial charge in [-0.05, 0) is 17.7 Å². The first-order valence-corrected chi connectivity index (χ1v) is 6.66. The number of benzene rings is 1. The number of guanidine groups is 1. The van der Waals surface area contributed by atoms with Crippen LogP contribution < -0.4 is 10.6 Å². The van der Waals surface area contributed by atoms with Crippen molar-refractivity contribution in [2.75, 3.05) is 45.3 Å². The zero-order chi connectivity index (χ0) is 14.5. The Labute approximate surface area is 118 Å². The lowest BCUT2D eigenvalue weighted by atomic mass is 10.2. The molecule has 6 heteroatoms. The Morgan fingerprint density at radius 3 is 2.70 bits per heavy atom. The number of nitrogens with zero attached hydrogens (tertiary/aromatic N) is 3. The van der Waals surface area contributed by atoms with Crippen LogP contribution in [0.3, 0.4) is 0 Å². The van der Waals surface area contributed by atoms with Crippen molar-refractivity contribution < 1.29 is 9.13 Å². The van der Waals surface area contributed by atoms with Gasteiger partial charge in [0.2, 0.25) is 0 Å². The molecule has 1 aliphatic heterocycles. The number of aliphatic imine (C=N–C) groups is 1. The summed E-state index contributed by atoms with van der Waals surface area (Å²) < 4.78 is 19.1. The minimum atomic E-state index is -0.243. The third-order valence-electron chi connectivity index (χ3n) is 3.25. The van der Waals surface area contributed by atoms with E-state index in [0.29, 0.717) is 31.4 Å². The van der Waals surface area contributed by atoms with Crippen molar-refractivity contribution in [3.05, 3.63) is 29.6 Å². The van der Waals surface area contributed by atoms with Crippen LogP contribution in [-0.4, -0.2) is 51.3 Å². The highest BCUT2D eigenvalue weighted by atomic mass is 19.1. The first-order chi connectivity index (χ1) is 9.58. The predicted octanol–water partition coefficient (Wildman–Crippen LogP) is 1.04. The van der Waals surface area contributed by atoms with Crippen molar-refractivity contribution in [1.29, 1.82) is 0 Å². The van der Waals surface area contributed by atoms with Crippen molar-refractivity contribution in [2.45, 2.75) is 6.54 Å². The number of hydrogen-bond acceptors (Lipinski definition) is 3. The molecule has 20 heavy (non-hydrogen) atoms. The van der Waals surface area contributed by atoms with E-state index < -0.39 is 0 Å². The van der Waals surface area contributed by atoms with Gasteiger partial charge in [0.05, 0.1) is 25.4 Å². The molecule has 1 aromatic rings. The van der Waals surface area contributed by atoms with E-state index in [-0.39, 0.29) is 5.82 Å². The summed E-state index contributed by atoms with van der Waals surface area (Å²) in [7, 11) is 3.62. The van der Waals surface area contributed by atoms with Crippen molar-refractivity contribution in [1.82, 2.24) is 4.90 Å². The second kappa shape index (κ2) is 6.56. The summed E-state index contributed by atoms with van der Waals surface area (Å²) in [6.07, 6.45) is 0. The average molecular weight is 280 g/mol. The summed E-state index contributed by atoms with van der Waals surface area (Å²) in [4.78, 5) is 8.04. The number of morpholine rings is 1. The van der Waals surface area contributed by atoms with Gasteiger partial charge in [0.25, 0.3) is 0 Å². The smallest absolute Gasteiger partial charge is 0.191 e. The molecule has 0 bridgehead atoms. The second-order valence-corrected chi connectivity index (χ2v) is 4.95. The molecular weight excluding hydrogens is 259 g/mol. The highest BCUT2D eigenvalue weighted by Gasteiger charge is 2.12. The largest absolute Gasteiger partial charge is 0.378 e. The van der Waals surface area contributed by atoms with Crippen LogP contribution in [0, 0.1) is 5.82 Å². The van der Waals surface area contributed by atoms with Gasteiger partial charge in [-0.15, -0.1) is 0 Å². The van der Waals surface area contributed by atoms with Crippen molar-refractivity contribution in [2.24, 2.45) is 10.7 Å². The lowest BCUT2D eigenvalue weighted by Crippen LogP contribution is -2.44. The normalized spacial score (nSPS) is 16.4. The fourth-order valence-corrected chi connectivity index (χ4v) is 2.08. The summed E-state index contributed by atoms with van der Waals surface area (Å²) >= 11 is 0. The Morgan fingerprint density at radius 2 is 2.10 bits per heavy atom. The molecule has 1 heterocycles. The maximum Gasteiger partial charge on any atom is 0.191 e. The summed E-state index contributed by atoms with van der Waals surface area (Å²) in [5.74, 6) is 0.248. The third-order valence-corrected chi connectivity index (χ3v) is 3.25. The molecular formula is C14H21FN4O. The van der Waals surface area contributed by atoms with Crippen LogP contribution in [-0.2, 0) is 11.3 Å². The molecule has 0 saturated carbocycles. The van der Waals surface area contributed by atoms with E-state index in [1.807, 2.05) is 25.1 Å². The minimum absolute atomic E-state index is 0.243. The Balaban J connectivity index is 2.01. The van der Waals surface area contributed by atoms with Crippen LogP contribution in [0.15, 0.2) is 23.2 Å². The lowest BCUT2D eigenvalue weighted by molar-refractivity contribution is 0.0674. The molecule has 0 radical (unpaired) electrons. The van der Waals surface area contributed by atoms with E-state index >= 15 is 0 Å². The quantitative estimate of drug-likeness (QED) is 0.664. The van der Waals surface area contributed by atoms with Gasteiger partial charge in [-0.3, -0.25) is 0 Å². The molecule has 0 spiro atoms. The molecule has 0 amide bonds. The van der Waals surface area contributed by atoms with Crippen molar-refractivity contribution >= 4 is 11.6 Å². The van der Waals surface area contributed by atoms with Gasteiger partial charge in [-0.2, -0.15) is 0 Å². The zero-order valence-corrected chi connectivity index (χ0v) is 12.0. The van der Waals surface area contributed by atoms with Gasteiger partial charge in [-0.25, -0.2) is 9.38 Å². The number of hydrogen-bond donors (Lipinski definition) is 1. The third kappa shape index (κ3) is 3.60. The van der Waals surface area contributed by atoms with E-state index in [1.165, 1.54) is 6.07 Å². The van der Waals surface area contributed by atoms with Gasteiger partial charge in [-0.1, -0.05) is 6.07 Å². The molecule has 1 aromatic carbocycles. The Kier molecular flexibility index (Phi) is 4.79. The molecule has 1 fully saturated rings. The zero-order valence-electron chi connectivity index (χ0n) is 12.0. The summed E-state index contributed by atoms with van der Waals surface area (Å²) in [5.41, 5.74) is 7.31. The molecule has 2 N–H and O–H groups in total. The maximum absolute atomic E-state index is 13.8. The predicted molar refractivity (Wildman–Crippen MR) is 78.4 cm³/mol. The SMILES string of the molecule is CN(C)c1ccc(CN=C(N)N2CCOCC2)cc1F.